The van der Waals surface area contributed by atoms with Crippen LogP contribution < -0.4 is 15.2 Å². The van der Waals surface area contributed by atoms with Gasteiger partial charge < -0.3 is 15.2 Å². The molecule has 1 aliphatic heterocycles. The lowest BCUT2D eigenvalue weighted by Gasteiger charge is -2.25. The summed E-state index contributed by atoms with van der Waals surface area (Å²) < 4.78 is 11.2. The molecule has 0 amide bonds. The van der Waals surface area contributed by atoms with E-state index in [1.165, 1.54) is 0 Å². The van der Waals surface area contributed by atoms with Gasteiger partial charge in [0.15, 0.2) is 11.5 Å². The molecule has 0 bridgehead atoms. The van der Waals surface area contributed by atoms with Gasteiger partial charge in [0, 0.05) is 6.04 Å². The largest absolute Gasteiger partial charge is 0.486 e. The van der Waals surface area contributed by atoms with Gasteiger partial charge in [-0.2, -0.15) is 0 Å². The van der Waals surface area contributed by atoms with Gasteiger partial charge in [-0.15, -0.1) is 0 Å². The first kappa shape index (κ1) is 13.5. The zero-order chi connectivity index (χ0) is 13.3. The van der Waals surface area contributed by atoms with E-state index in [1.807, 2.05) is 13.0 Å². The standard InChI is InChI=1S/C14H20ClNO2/c1-8(2)12-10(6-9(3)16)7-11-14(13(12)15)18-5-4-17-11/h7-9H,4-6,16H2,1-3H3. The zero-order valence-corrected chi connectivity index (χ0v) is 11.9. The molecule has 0 radical (unpaired) electrons. The average Bonchev–Trinajstić information content (AvgIpc) is 2.27. The van der Waals surface area contributed by atoms with E-state index in [9.17, 15) is 0 Å². The molecule has 2 N–H and O–H groups in total. The highest BCUT2D eigenvalue weighted by Crippen LogP contribution is 2.44. The Balaban J connectivity index is 2.53. The summed E-state index contributed by atoms with van der Waals surface area (Å²) in [4.78, 5) is 0. The Labute approximate surface area is 113 Å². The number of benzene rings is 1. The maximum absolute atomic E-state index is 6.46. The second-order valence-corrected chi connectivity index (χ2v) is 5.50. The van der Waals surface area contributed by atoms with Crippen LogP contribution >= 0.6 is 11.6 Å². The number of halogens is 1. The van der Waals surface area contributed by atoms with Gasteiger partial charge in [0.25, 0.3) is 0 Å². The molecule has 1 aromatic rings. The molecule has 1 aliphatic rings. The van der Waals surface area contributed by atoms with Crippen molar-refractivity contribution in [2.24, 2.45) is 5.73 Å². The van der Waals surface area contributed by atoms with Crippen molar-refractivity contribution >= 4 is 11.6 Å². The number of nitrogens with two attached hydrogens (primary N) is 1. The van der Waals surface area contributed by atoms with Crippen LogP contribution in [0.15, 0.2) is 6.07 Å². The van der Waals surface area contributed by atoms with Crippen LogP contribution in [0.5, 0.6) is 11.5 Å². The Bertz CT molecular complexity index is 444. The molecule has 1 atom stereocenters. The molecule has 0 aliphatic carbocycles. The number of rotatable bonds is 3. The van der Waals surface area contributed by atoms with Gasteiger partial charge in [-0.25, -0.2) is 0 Å². The third-order valence-corrected chi connectivity index (χ3v) is 3.39. The normalized spacial score (nSPS) is 15.9. The van der Waals surface area contributed by atoms with E-state index in [-0.39, 0.29) is 6.04 Å². The summed E-state index contributed by atoms with van der Waals surface area (Å²) in [7, 11) is 0. The lowest BCUT2D eigenvalue weighted by atomic mass is 9.92. The smallest absolute Gasteiger partial charge is 0.180 e. The summed E-state index contributed by atoms with van der Waals surface area (Å²) in [6.07, 6.45) is 0.796. The summed E-state index contributed by atoms with van der Waals surface area (Å²) >= 11 is 6.46. The van der Waals surface area contributed by atoms with E-state index in [4.69, 9.17) is 26.8 Å². The Kier molecular flexibility index (Phi) is 4.03. The number of fused-ring (bicyclic) bond motifs is 1. The van der Waals surface area contributed by atoms with Crippen molar-refractivity contribution < 1.29 is 9.47 Å². The molecule has 0 aromatic heterocycles. The lowest BCUT2D eigenvalue weighted by Crippen LogP contribution is -2.21. The monoisotopic (exact) mass is 269 g/mol. The number of hydrogen-bond acceptors (Lipinski definition) is 3. The van der Waals surface area contributed by atoms with Crippen LogP contribution in [0, 0.1) is 0 Å². The first-order valence-electron chi connectivity index (χ1n) is 6.37. The minimum atomic E-state index is 0.0983. The molecular weight excluding hydrogens is 250 g/mol. The molecule has 18 heavy (non-hydrogen) atoms. The molecule has 2 rings (SSSR count). The molecule has 0 saturated heterocycles. The van der Waals surface area contributed by atoms with E-state index in [0.717, 1.165) is 23.3 Å². The van der Waals surface area contributed by atoms with E-state index in [0.29, 0.717) is 29.9 Å². The second kappa shape index (κ2) is 5.37. The molecule has 0 fully saturated rings. The van der Waals surface area contributed by atoms with Crippen molar-refractivity contribution in [3.63, 3.8) is 0 Å². The summed E-state index contributed by atoms with van der Waals surface area (Å²) in [5.74, 6) is 1.76. The third-order valence-electron chi connectivity index (χ3n) is 3.02. The molecule has 1 unspecified atom stereocenters. The van der Waals surface area contributed by atoms with Gasteiger partial charge in [0.1, 0.15) is 13.2 Å². The zero-order valence-electron chi connectivity index (χ0n) is 11.1. The first-order valence-corrected chi connectivity index (χ1v) is 6.75. The highest BCUT2D eigenvalue weighted by molar-refractivity contribution is 6.33. The topological polar surface area (TPSA) is 44.5 Å². The van der Waals surface area contributed by atoms with Crippen molar-refractivity contribution in [3.8, 4) is 11.5 Å². The Morgan fingerprint density at radius 2 is 1.94 bits per heavy atom. The molecule has 1 heterocycles. The van der Waals surface area contributed by atoms with Crippen LogP contribution in [-0.2, 0) is 6.42 Å². The van der Waals surface area contributed by atoms with Gasteiger partial charge in [0.05, 0.1) is 5.02 Å². The van der Waals surface area contributed by atoms with Crippen LogP contribution in [0.2, 0.25) is 5.02 Å². The molecule has 1 aromatic carbocycles. The fraction of sp³-hybridized carbons (Fsp3) is 0.571. The van der Waals surface area contributed by atoms with Gasteiger partial charge in [-0.05, 0) is 36.5 Å². The van der Waals surface area contributed by atoms with E-state index in [2.05, 4.69) is 13.8 Å². The maximum atomic E-state index is 6.46. The summed E-state index contributed by atoms with van der Waals surface area (Å²) in [5.41, 5.74) is 8.19. The van der Waals surface area contributed by atoms with E-state index < -0.39 is 0 Å². The lowest BCUT2D eigenvalue weighted by molar-refractivity contribution is 0.171. The number of hydrogen-bond donors (Lipinski definition) is 1. The fourth-order valence-electron chi connectivity index (χ4n) is 2.35. The van der Waals surface area contributed by atoms with Crippen LogP contribution in [0.4, 0.5) is 0 Å². The summed E-state index contributed by atoms with van der Waals surface area (Å²) in [6.45, 7) is 7.37. The molecule has 0 saturated carbocycles. The van der Waals surface area contributed by atoms with Crippen LogP contribution in [0.25, 0.3) is 0 Å². The SMILES string of the molecule is CC(N)Cc1cc2c(c(Cl)c1C(C)C)OCCO2. The van der Waals surface area contributed by atoms with E-state index >= 15 is 0 Å². The van der Waals surface area contributed by atoms with Crippen molar-refractivity contribution in [2.75, 3.05) is 13.2 Å². The van der Waals surface area contributed by atoms with Crippen LogP contribution in [0.1, 0.15) is 37.8 Å². The van der Waals surface area contributed by atoms with Gasteiger partial charge in [0.2, 0.25) is 0 Å². The van der Waals surface area contributed by atoms with Crippen molar-refractivity contribution in [1.29, 1.82) is 0 Å². The molecule has 0 spiro atoms. The predicted octanol–water partition coefficient (Wildman–Crippen LogP) is 3.12. The van der Waals surface area contributed by atoms with Crippen molar-refractivity contribution in [2.45, 2.75) is 39.2 Å². The molecule has 100 valence electrons. The minimum absolute atomic E-state index is 0.0983. The molecule has 3 nitrogen and oxygen atoms in total. The molecule has 4 heteroatoms. The Morgan fingerprint density at radius 3 is 2.56 bits per heavy atom. The number of ether oxygens (including phenoxy) is 2. The van der Waals surface area contributed by atoms with Crippen LogP contribution in [-0.4, -0.2) is 19.3 Å². The second-order valence-electron chi connectivity index (χ2n) is 5.12. The van der Waals surface area contributed by atoms with Crippen molar-refractivity contribution in [3.05, 3.63) is 22.2 Å². The first-order chi connectivity index (χ1) is 8.50. The highest BCUT2D eigenvalue weighted by atomic mass is 35.5. The quantitative estimate of drug-likeness (QED) is 0.917. The maximum Gasteiger partial charge on any atom is 0.180 e. The highest BCUT2D eigenvalue weighted by Gasteiger charge is 2.23. The van der Waals surface area contributed by atoms with E-state index in [1.54, 1.807) is 0 Å². The summed E-state index contributed by atoms with van der Waals surface area (Å²) in [6, 6.07) is 2.13. The van der Waals surface area contributed by atoms with Crippen LogP contribution in [0.3, 0.4) is 0 Å². The third kappa shape index (κ3) is 2.57. The Hall–Kier alpha value is -0.930. The Morgan fingerprint density at radius 1 is 1.28 bits per heavy atom. The van der Waals surface area contributed by atoms with Gasteiger partial charge in [-0.3, -0.25) is 0 Å². The summed E-state index contributed by atoms with van der Waals surface area (Å²) in [5, 5.41) is 0.679. The minimum Gasteiger partial charge on any atom is -0.486 e. The molecular formula is C14H20ClNO2. The fourth-order valence-corrected chi connectivity index (χ4v) is 2.84. The van der Waals surface area contributed by atoms with Gasteiger partial charge >= 0.3 is 0 Å². The van der Waals surface area contributed by atoms with Crippen molar-refractivity contribution in [1.82, 2.24) is 0 Å². The predicted molar refractivity (Wildman–Crippen MR) is 73.9 cm³/mol. The van der Waals surface area contributed by atoms with Gasteiger partial charge in [-0.1, -0.05) is 25.4 Å². The average molecular weight is 270 g/mol.